The number of rotatable bonds is 6. The molecule has 1 saturated carbocycles. The zero-order chi connectivity index (χ0) is 23.0. The van der Waals surface area contributed by atoms with Crippen LogP contribution in [0.1, 0.15) is 60.9 Å². The van der Waals surface area contributed by atoms with Crippen molar-refractivity contribution in [3.63, 3.8) is 0 Å². The molecule has 0 atom stereocenters. The normalized spacial score (nSPS) is 16.7. The molecule has 0 saturated heterocycles. The van der Waals surface area contributed by atoms with E-state index in [1.807, 2.05) is 23.1 Å². The van der Waals surface area contributed by atoms with E-state index in [0.29, 0.717) is 30.4 Å². The molecule has 2 aliphatic rings. The molecule has 176 valence electrons. The Balaban J connectivity index is 1.28. The molecular weight excluding hydrogens is 412 g/mol. The van der Waals surface area contributed by atoms with Crippen LogP contribution < -0.4 is 15.5 Å². The highest BCUT2D eigenvalue weighted by Gasteiger charge is 2.21. The predicted molar refractivity (Wildman–Crippen MR) is 134 cm³/mol. The van der Waals surface area contributed by atoms with Gasteiger partial charge in [-0.25, -0.2) is 4.79 Å². The fraction of sp³-hybridized carbons (Fsp3) is 0.481. The summed E-state index contributed by atoms with van der Waals surface area (Å²) in [4.78, 5) is 29.7. The highest BCUT2D eigenvalue weighted by molar-refractivity contribution is 6.02. The van der Waals surface area contributed by atoms with E-state index >= 15 is 0 Å². The van der Waals surface area contributed by atoms with Crippen LogP contribution in [0.4, 0.5) is 16.2 Å². The molecule has 1 aliphatic heterocycles. The summed E-state index contributed by atoms with van der Waals surface area (Å²) >= 11 is 0. The number of urea groups is 1. The molecule has 1 fully saturated rings. The smallest absolute Gasteiger partial charge is 0.326 e. The molecule has 33 heavy (non-hydrogen) atoms. The summed E-state index contributed by atoms with van der Waals surface area (Å²) in [6, 6.07) is 15.8. The number of amides is 3. The number of anilines is 2. The van der Waals surface area contributed by atoms with Crippen LogP contribution in [0.25, 0.3) is 0 Å². The van der Waals surface area contributed by atoms with Crippen LogP contribution in [-0.4, -0.2) is 49.6 Å². The first kappa shape index (κ1) is 23.3. The number of hydrogen-bond acceptors (Lipinski definition) is 3. The first-order valence-corrected chi connectivity index (χ1v) is 12.4. The summed E-state index contributed by atoms with van der Waals surface area (Å²) in [5.41, 5.74) is 3.50. The van der Waals surface area contributed by atoms with Crippen LogP contribution in [-0.2, 0) is 6.42 Å². The molecule has 2 aromatic rings. The Morgan fingerprint density at radius 3 is 2.52 bits per heavy atom. The molecule has 2 aromatic carbocycles. The lowest BCUT2D eigenvalue weighted by Gasteiger charge is -2.31. The van der Waals surface area contributed by atoms with Crippen molar-refractivity contribution in [2.75, 3.05) is 36.9 Å². The van der Waals surface area contributed by atoms with E-state index in [-0.39, 0.29) is 11.9 Å². The first-order chi connectivity index (χ1) is 16.1. The third-order valence-electron chi connectivity index (χ3n) is 6.95. The van der Waals surface area contributed by atoms with Crippen LogP contribution in [0.5, 0.6) is 0 Å². The van der Waals surface area contributed by atoms with E-state index in [1.54, 1.807) is 24.3 Å². The fourth-order valence-corrected chi connectivity index (χ4v) is 4.95. The standard InChI is InChI=1S/C27H36N4O2/c1-30(24-11-3-2-4-12-24)20-18-28-26(32)22-14-16-23(17-15-22)29-27(33)31-19-8-7-10-21-9-5-6-13-25(21)31/h5-6,9,13-17,24H,2-4,7-8,10-12,18-20H2,1H3,(H,28,32)(H,29,33). The molecule has 1 heterocycles. The highest BCUT2D eigenvalue weighted by Crippen LogP contribution is 2.27. The second kappa shape index (κ2) is 11.3. The van der Waals surface area contributed by atoms with Gasteiger partial charge in [0.05, 0.1) is 0 Å². The number of para-hydroxylation sites is 1. The van der Waals surface area contributed by atoms with Gasteiger partial charge in [-0.1, -0.05) is 37.5 Å². The molecule has 6 heteroatoms. The molecule has 2 N–H and O–H groups in total. The molecule has 0 aromatic heterocycles. The van der Waals surface area contributed by atoms with Crippen molar-refractivity contribution in [2.24, 2.45) is 0 Å². The number of carbonyl (C=O) groups excluding carboxylic acids is 2. The second-order valence-electron chi connectivity index (χ2n) is 9.27. The molecule has 0 spiro atoms. The third-order valence-corrected chi connectivity index (χ3v) is 6.95. The average Bonchev–Trinajstić information content (AvgIpc) is 3.07. The SMILES string of the molecule is CN(CCNC(=O)c1ccc(NC(=O)N2CCCCc3ccccc32)cc1)C1CCCCC1. The van der Waals surface area contributed by atoms with E-state index < -0.39 is 0 Å². The maximum absolute atomic E-state index is 13.0. The number of aryl methyl sites for hydroxylation is 1. The van der Waals surface area contributed by atoms with Crippen molar-refractivity contribution in [3.05, 3.63) is 59.7 Å². The molecule has 0 radical (unpaired) electrons. The van der Waals surface area contributed by atoms with Gasteiger partial charge in [-0.3, -0.25) is 9.69 Å². The minimum Gasteiger partial charge on any atom is -0.351 e. The summed E-state index contributed by atoms with van der Waals surface area (Å²) in [7, 11) is 2.16. The highest BCUT2D eigenvalue weighted by atomic mass is 16.2. The topological polar surface area (TPSA) is 64.7 Å². The Labute approximate surface area is 197 Å². The molecule has 1 aliphatic carbocycles. The number of likely N-dealkylation sites (N-methyl/N-ethyl adjacent to an activating group) is 1. The first-order valence-electron chi connectivity index (χ1n) is 12.4. The maximum atomic E-state index is 13.0. The number of carbonyl (C=O) groups is 2. The predicted octanol–water partition coefficient (Wildman–Crippen LogP) is 5.06. The van der Waals surface area contributed by atoms with E-state index in [1.165, 1.54) is 37.7 Å². The van der Waals surface area contributed by atoms with Gasteiger partial charge in [-0.15, -0.1) is 0 Å². The summed E-state index contributed by atoms with van der Waals surface area (Å²) in [6.07, 6.45) is 9.57. The van der Waals surface area contributed by atoms with Crippen LogP contribution in [0, 0.1) is 0 Å². The number of fused-ring (bicyclic) bond motifs is 1. The molecule has 3 amide bonds. The Kier molecular flexibility index (Phi) is 8.00. The van der Waals surface area contributed by atoms with E-state index in [9.17, 15) is 9.59 Å². The zero-order valence-electron chi connectivity index (χ0n) is 19.7. The lowest BCUT2D eigenvalue weighted by Crippen LogP contribution is -2.39. The van der Waals surface area contributed by atoms with Crippen molar-refractivity contribution >= 4 is 23.3 Å². The lowest BCUT2D eigenvalue weighted by molar-refractivity contribution is 0.0944. The van der Waals surface area contributed by atoms with Crippen LogP contribution in [0.3, 0.4) is 0 Å². The molecule has 6 nitrogen and oxygen atoms in total. The van der Waals surface area contributed by atoms with E-state index in [4.69, 9.17) is 0 Å². The number of nitrogens with zero attached hydrogens (tertiary/aromatic N) is 2. The van der Waals surface area contributed by atoms with Gasteiger partial charge in [0.1, 0.15) is 0 Å². The Morgan fingerprint density at radius 1 is 0.970 bits per heavy atom. The van der Waals surface area contributed by atoms with E-state index in [0.717, 1.165) is 31.5 Å². The third kappa shape index (κ3) is 6.14. The van der Waals surface area contributed by atoms with Gasteiger partial charge < -0.3 is 15.5 Å². The number of nitrogens with one attached hydrogen (secondary N) is 2. The van der Waals surface area contributed by atoms with Gasteiger partial charge in [0.25, 0.3) is 5.91 Å². The molecule has 0 unspecified atom stereocenters. The van der Waals surface area contributed by atoms with Crippen LogP contribution >= 0.6 is 0 Å². The van der Waals surface area contributed by atoms with Crippen molar-refractivity contribution in [2.45, 2.75) is 57.4 Å². The second-order valence-corrected chi connectivity index (χ2v) is 9.27. The summed E-state index contributed by atoms with van der Waals surface area (Å²) in [6.45, 7) is 2.21. The monoisotopic (exact) mass is 448 g/mol. The Bertz CT molecular complexity index is 937. The number of benzene rings is 2. The van der Waals surface area contributed by atoms with Crippen molar-refractivity contribution in [3.8, 4) is 0 Å². The van der Waals surface area contributed by atoms with Gasteiger partial charge in [0, 0.05) is 42.6 Å². The minimum atomic E-state index is -0.132. The van der Waals surface area contributed by atoms with Gasteiger partial charge in [-0.05, 0) is 75.0 Å². The van der Waals surface area contributed by atoms with Crippen molar-refractivity contribution in [1.82, 2.24) is 10.2 Å². The zero-order valence-corrected chi connectivity index (χ0v) is 19.7. The van der Waals surface area contributed by atoms with Crippen LogP contribution in [0.2, 0.25) is 0 Å². The lowest BCUT2D eigenvalue weighted by atomic mass is 9.94. The fourth-order valence-electron chi connectivity index (χ4n) is 4.95. The largest absolute Gasteiger partial charge is 0.351 e. The summed E-state index contributed by atoms with van der Waals surface area (Å²) in [5.74, 6) is -0.0774. The summed E-state index contributed by atoms with van der Waals surface area (Å²) < 4.78 is 0. The number of hydrogen-bond donors (Lipinski definition) is 2. The quantitative estimate of drug-likeness (QED) is 0.650. The van der Waals surface area contributed by atoms with Crippen molar-refractivity contribution in [1.29, 1.82) is 0 Å². The van der Waals surface area contributed by atoms with Gasteiger partial charge in [0.15, 0.2) is 0 Å². The maximum Gasteiger partial charge on any atom is 0.326 e. The van der Waals surface area contributed by atoms with Gasteiger partial charge in [-0.2, -0.15) is 0 Å². The van der Waals surface area contributed by atoms with Crippen LogP contribution in [0.15, 0.2) is 48.5 Å². The molecule has 4 rings (SSSR count). The Hall–Kier alpha value is -2.86. The summed E-state index contributed by atoms with van der Waals surface area (Å²) in [5, 5.41) is 6.01. The Morgan fingerprint density at radius 2 is 1.73 bits per heavy atom. The van der Waals surface area contributed by atoms with Crippen molar-refractivity contribution < 1.29 is 9.59 Å². The van der Waals surface area contributed by atoms with Gasteiger partial charge >= 0.3 is 6.03 Å². The molecule has 0 bridgehead atoms. The minimum absolute atomic E-state index is 0.0774. The van der Waals surface area contributed by atoms with E-state index in [2.05, 4.69) is 28.6 Å². The molecular formula is C27H36N4O2. The van der Waals surface area contributed by atoms with Gasteiger partial charge in [0.2, 0.25) is 0 Å². The average molecular weight is 449 g/mol.